The molecule has 1 amide bonds. The van der Waals surface area contributed by atoms with Crippen molar-refractivity contribution in [2.75, 3.05) is 13.2 Å². The zero-order valence-corrected chi connectivity index (χ0v) is 23.1. The molecule has 0 bridgehead atoms. The highest BCUT2D eigenvalue weighted by Gasteiger charge is 2.36. The van der Waals surface area contributed by atoms with Crippen LogP contribution in [-0.2, 0) is 14.9 Å². The Balaban J connectivity index is 1.47. The van der Waals surface area contributed by atoms with Gasteiger partial charge in [0.05, 0.1) is 23.2 Å². The minimum Gasteiger partial charge on any atom is -0.376 e. The molecule has 3 heterocycles. The van der Waals surface area contributed by atoms with Crippen LogP contribution in [0.15, 0.2) is 70.6 Å². The number of aromatic nitrogens is 1. The van der Waals surface area contributed by atoms with Gasteiger partial charge in [0.15, 0.2) is 5.17 Å². The van der Waals surface area contributed by atoms with E-state index in [1.807, 2.05) is 36.4 Å². The maximum Gasteiger partial charge on any atom is 0.266 e. The van der Waals surface area contributed by atoms with Gasteiger partial charge in [-0.3, -0.25) is 9.69 Å². The van der Waals surface area contributed by atoms with Crippen LogP contribution in [0, 0.1) is 13.8 Å². The Bertz CT molecular complexity index is 1340. The first kappa shape index (κ1) is 25.6. The second-order valence-corrected chi connectivity index (χ2v) is 11.9. The predicted octanol–water partition coefficient (Wildman–Crippen LogP) is 7.17. The SMILES string of the molecule is Cc1cc(/C=C2\SC(=Nc3ccccc3)N(C[C@@H]3CCCO3)C2=O)c(C)n1-c1ccc(C(C)(C)C)cc1. The Morgan fingerprint density at radius 1 is 1.08 bits per heavy atom. The number of aryl methyl sites for hydroxylation is 1. The average Bonchev–Trinajstić information content (AvgIpc) is 3.55. The topological polar surface area (TPSA) is 46.8 Å². The van der Waals surface area contributed by atoms with Crippen molar-refractivity contribution < 1.29 is 9.53 Å². The van der Waals surface area contributed by atoms with Crippen molar-refractivity contribution >= 4 is 34.6 Å². The molecule has 0 saturated carbocycles. The van der Waals surface area contributed by atoms with Gasteiger partial charge < -0.3 is 9.30 Å². The lowest BCUT2D eigenvalue weighted by Crippen LogP contribution is -2.36. The fraction of sp³-hybridized carbons (Fsp3) is 0.355. The second-order valence-electron chi connectivity index (χ2n) is 10.9. The number of carbonyl (C=O) groups is 1. The summed E-state index contributed by atoms with van der Waals surface area (Å²) in [5.74, 6) is -0.00508. The molecule has 5 rings (SSSR count). The van der Waals surface area contributed by atoms with E-state index in [1.54, 1.807) is 4.90 Å². The van der Waals surface area contributed by atoms with E-state index >= 15 is 0 Å². The molecule has 0 N–H and O–H groups in total. The third-order valence-corrected chi connectivity index (χ3v) is 8.03. The smallest absolute Gasteiger partial charge is 0.266 e. The van der Waals surface area contributed by atoms with Crippen LogP contribution in [-0.4, -0.2) is 39.8 Å². The Morgan fingerprint density at radius 3 is 2.46 bits per heavy atom. The summed E-state index contributed by atoms with van der Waals surface area (Å²) in [4.78, 5) is 20.9. The maximum absolute atomic E-state index is 13.6. The molecule has 1 atom stereocenters. The summed E-state index contributed by atoms with van der Waals surface area (Å²) >= 11 is 1.45. The van der Waals surface area contributed by atoms with Gasteiger partial charge in [0.25, 0.3) is 5.91 Å². The fourth-order valence-corrected chi connectivity index (χ4v) is 5.94. The van der Waals surface area contributed by atoms with Crippen molar-refractivity contribution in [3.63, 3.8) is 0 Å². The number of rotatable bonds is 5. The number of para-hydroxylation sites is 1. The summed E-state index contributed by atoms with van der Waals surface area (Å²) in [5, 5.41) is 0.713. The van der Waals surface area contributed by atoms with Crippen LogP contribution in [0.3, 0.4) is 0 Å². The molecule has 0 spiro atoms. The molecule has 2 aliphatic rings. The molecule has 1 aromatic heterocycles. The van der Waals surface area contributed by atoms with Crippen molar-refractivity contribution in [3.05, 3.63) is 88.1 Å². The van der Waals surface area contributed by atoms with Gasteiger partial charge in [-0.2, -0.15) is 0 Å². The molecule has 2 fully saturated rings. The number of amidine groups is 1. The zero-order chi connectivity index (χ0) is 26.2. The lowest BCUT2D eigenvalue weighted by atomic mass is 9.87. The van der Waals surface area contributed by atoms with E-state index in [9.17, 15) is 4.79 Å². The van der Waals surface area contributed by atoms with Gasteiger partial charge in [-0.1, -0.05) is 51.1 Å². The Labute approximate surface area is 224 Å². The van der Waals surface area contributed by atoms with E-state index in [-0.39, 0.29) is 17.4 Å². The minimum absolute atomic E-state index is 0.00508. The van der Waals surface area contributed by atoms with E-state index in [4.69, 9.17) is 9.73 Å². The number of nitrogens with zero attached hydrogens (tertiary/aromatic N) is 3. The Kier molecular flexibility index (Phi) is 7.15. The third kappa shape index (κ3) is 5.46. The Morgan fingerprint density at radius 2 is 1.81 bits per heavy atom. The molecule has 2 saturated heterocycles. The first-order valence-corrected chi connectivity index (χ1v) is 13.8. The van der Waals surface area contributed by atoms with Crippen molar-refractivity contribution in [1.29, 1.82) is 0 Å². The van der Waals surface area contributed by atoms with Gasteiger partial charge in [-0.15, -0.1) is 0 Å². The lowest BCUT2D eigenvalue weighted by molar-refractivity contribution is -0.123. The predicted molar refractivity (Wildman–Crippen MR) is 154 cm³/mol. The van der Waals surface area contributed by atoms with Gasteiger partial charge in [0.2, 0.25) is 0 Å². The van der Waals surface area contributed by atoms with Gasteiger partial charge in [0, 0.05) is 23.7 Å². The van der Waals surface area contributed by atoms with Crippen LogP contribution in [0.4, 0.5) is 5.69 Å². The number of hydrogen-bond acceptors (Lipinski definition) is 4. The van der Waals surface area contributed by atoms with Gasteiger partial charge >= 0.3 is 0 Å². The summed E-state index contributed by atoms with van der Waals surface area (Å²) in [6.07, 6.45) is 4.09. The quantitative estimate of drug-likeness (QED) is 0.340. The van der Waals surface area contributed by atoms with Crippen molar-refractivity contribution in [2.24, 2.45) is 4.99 Å². The molecule has 0 radical (unpaired) electrons. The third-order valence-electron chi connectivity index (χ3n) is 7.03. The highest BCUT2D eigenvalue weighted by Crippen LogP contribution is 2.36. The molecule has 5 nitrogen and oxygen atoms in total. The van der Waals surface area contributed by atoms with Crippen LogP contribution >= 0.6 is 11.8 Å². The van der Waals surface area contributed by atoms with E-state index in [0.29, 0.717) is 16.6 Å². The molecular formula is C31H35N3O2S. The highest BCUT2D eigenvalue weighted by atomic mass is 32.2. The summed E-state index contributed by atoms with van der Waals surface area (Å²) in [6, 6.07) is 20.8. The average molecular weight is 514 g/mol. The normalized spacial score (nSPS) is 20.5. The molecule has 2 aromatic carbocycles. The largest absolute Gasteiger partial charge is 0.376 e. The van der Waals surface area contributed by atoms with Gasteiger partial charge in [0.1, 0.15) is 0 Å². The highest BCUT2D eigenvalue weighted by molar-refractivity contribution is 8.18. The Hall–Kier alpha value is -3.09. The monoisotopic (exact) mass is 513 g/mol. The first-order valence-electron chi connectivity index (χ1n) is 13.0. The minimum atomic E-state index is -0.00508. The molecular weight excluding hydrogens is 478 g/mol. The van der Waals surface area contributed by atoms with Crippen LogP contribution in [0.5, 0.6) is 0 Å². The van der Waals surface area contributed by atoms with Crippen LogP contribution in [0.2, 0.25) is 0 Å². The van der Waals surface area contributed by atoms with Gasteiger partial charge in [-0.05, 0) is 91.4 Å². The molecule has 2 aliphatic heterocycles. The number of carbonyl (C=O) groups excluding carboxylic acids is 1. The lowest BCUT2D eigenvalue weighted by Gasteiger charge is -2.20. The van der Waals surface area contributed by atoms with Gasteiger partial charge in [-0.25, -0.2) is 4.99 Å². The first-order chi connectivity index (χ1) is 17.7. The summed E-state index contributed by atoms with van der Waals surface area (Å²) in [7, 11) is 0. The molecule has 192 valence electrons. The second kappa shape index (κ2) is 10.3. The maximum atomic E-state index is 13.6. The molecule has 37 heavy (non-hydrogen) atoms. The number of thioether (sulfide) groups is 1. The van der Waals surface area contributed by atoms with Crippen LogP contribution in [0.1, 0.15) is 56.1 Å². The fourth-order valence-electron chi connectivity index (χ4n) is 4.94. The summed E-state index contributed by atoms with van der Waals surface area (Å²) in [6.45, 7) is 12.2. The molecule has 3 aromatic rings. The standard InChI is InChI=1S/C31H35N3O2S/c1-21-18-23(22(2)34(21)26-15-13-24(14-16-26)31(3,4)5)19-28-29(35)33(20-27-12-9-17-36-27)30(37-28)32-25-10-7-6-8-11-25/h6-8,10-11,13-16,18-19,27H,9,12,17,20H2,1-5H3/b28-19-,32-30?/t27-/m0/s1. The van der Waals surface area contributed by atoms with Crippen molar-refractivity contribution in [3.8, 4) is 5.69 Å². The number of ether oxygens (including phenoxy) is 1. The number of amides is 1. The number of hydrogen-bond donors (Lipinski definition) is 0. The van der Waals surface area contributed by atoms with Crippen LogP contribution in [0.25, 0.3) is 11.8 Å². The van der Waals surface area contributed by atoms with E-state index < -0.39 is 0 Å². The van der Waals surface area contributed by atoms with Crippen molar-refractivity contribution in [1.82, 2.24) is 9.47 Å². The number of aliphatic imine (C=N–C) groups is 1. The van der Waals surface area contributed by atoms with Crippen LogP contribution < -0.4 is 0 Å². The van der Waals surface area contributed by atoms with E-state index in [2.05, 4.69) is 69.5 Å². The summed E-state index contributed by atoms with van der Waals surface area (Å²) < 4.78 is 8.11. The van der Waals surface area contributed by atoms with Crippen molar-refractivity contribution in [2.45, 2.75) is 59.0 Å². The zero-order valence-electron chi connectivity index (χ0n) is 22.3. The molecule has 0 unspecified atom stereocenters. The molecule has 0 aliphatic carbocycles. The van der Waals surface area contributed by atoms with E-state index in [1.165, 1.54) is 17.3 Å². The number of benzene rings is 2. The summed E-state index contributed by atoms with van der Waals surface area (Å²) in [5.41, 5.74) is 6.69. The van der Waals surface area contributed by atoms with E-state index in [0.717, 1.165) is 47.8 Å². The molecule has 6 heteroatoms.